The maximum absolute atomic E-state index is 11.9. The molecular formula is C18H17Cl2N3O3S. The number of ether oxygens (including phenoxy) is 1. The number of nitrogens with one attached hydrogen (secondary N) is 3. The Kier molecular flexibility index (Phi) is 8.32. The summed E-state index contributed by atoms with van der Waals surface area (Å²) in [4.78, 5) is 23.6. The van der Waals surface area contributed by atoms with Crippen molar-refractivity contribution in [2.45, 2.75) is 12.8 Å². The van der Waals surface area contributed by atoms with Crippen LogP contribution in [-0.2, 0) is 16.0 Å². The van der Waals surface area contributed by atoms with E-state index in [1.807, 2.05) is 18.2 Å². The highest BCUT2D eigenvalue weighted by atomic mass is 35.5. The van der Waals surface area contributed by atoms with Gasteiger partial charge < -0.3 is 10.1 Å². The van der Waals surface area contributed by atoms with Crippen molar-refractivity contribution < 1.29 is 14.3 Å². The first-order valence-electron chi connectivity index (χ1n) is 7.95. The third kappa shape index (κ3) is 7.42. The average Bonchev–Trinajstić information content (AvgIpc) is 2.65. The average molecular weight is 426 g/mol. The van der Waals surface area contributed by atoms with Crippen molar-refractivity contribution in [3.05, 3.63) is 64.1 Å². The van der Waals surface area contributed by atoms with Crippen LogP contribution in [-0.4, -0.2) is 23.5 Å². The molecule has 0 fully saturated rings. The Morgan fingerprint density at radius 1 is 0.926 bits per heavy atom. The lowest BCUT2D eigenvalue weighted by molar-refractivity contribution is -0.124. The van der Waals surface area contributed by atoms with E-state index in [1.54, 1.807) is 30.3 Å². The Hall–Kier alpha value is -2.35. The van der Waals surface area contributed by atoms with Crippen LogP contribution < -0.4 is 20.9 Å². The van der Waals surface area contributed by atoms with Crippen LogP contribution in [0.5, 0.6) is 5.75 Å². The second-order valence-electron chi connectivity index (χ2n) is 5.36. The van der Waals surface area contributed by atoms with Gasteiger partial charge in [0.2, 0.25) is 5.91 Å². The number of carbonyl (C=O) groups is 2. The van der Waals surface area contributed by atoms with Crippen molar-refractivity contribution in [1.29, 1.82) is 0 Å². The Labute approximate surface area is 172 Å². The molecular weight excluding hydrogens is 409 g/mol. The van der Waals surface area contributed by atoms with Crippen LogP contribution in [0.2, 0.25) is 10.0 Å². The van der Waals surface area contributed by atoms with Gasteiger partial charge in [0.25, 0.3) is 5.91 Å². The first-order chi connectivity index (χ1) is 13.0. The molecule has 0 atom stereocenters. The van der Waals surface area contributed by atoms with Gasteiger partial charge in [-0.2, -0.15) is 0 Å². The van der Waals surface area contributed by atoms with Crippen molar-refractivity contribution in [3.8, 4) is 5.75 Å². The van der Waals surface area contributed by atoms with Crippen LogP contribution in [0.4, 0.5) is 0 Å². The highest BCUT2D eigenvalue weighted by Crippen LogP contribution is 2.22. The molecule has 0 aliphatic heterocycles. The van der Waals surface area contributed by atoms with Crippen LogP contribution in [0.3, 0.4) is 0 Å². The highest BCUT2D eigenvalue weighted by molar-refractivity contribution is 7.80. The molecule has 142 valence electrons. The molecule has 0 heterocycles. The normalized spacial score (nSPS) is 10.0. The number of amides is 2. The van der Waals surface area contributed by atoms with Gasteiger partial charge in [-0.3, -0.25) is 20.4 Å². The van der Waals surface area contributed by atoms with Crippen LogP contribution in [0.1, 0.15) is 12.0 Å². The third-order valence-corrected chi connectivity index (χ3v) is 4.23. The van der Waals surface area contributed by atoms with Crippen molar-refractivity contribution in [2.24, 2.45) is 0 Å². The van der Waals surface area contributed by atoms with E-state index in [0.717, 1.165) is 5.56 Å². The zero-order valence-electron chi connectivity index (χ0n) is 14.1. The van der Waals surface area contributed by atoms with Gasteiger partial charge in [-0.1, -0.05) is 53.5 Å². The molecule has 2 rings (SSSR count). The second-order valence-corrected chi connectivity index (χ2v) is 6.58. The number of carbonyl (C=O) groups excluding carboxylic acids is 2. The fourth-order valence-corrected chi connectivity index (χ4v) is 2.62. The summed E-state index contributed by atoms with van der Waals surface area (Å²) >= 11 is 16.9. The molecule has 0 spiro atoms. The van der Waals surface area contributed by atoms with Crippen molar-refractivity contribution in [3.63, 3.8) is 0 Å². The summed E-state index contributed by atoms with van der Waals surface area (Å²) in [7, 11) is 0. The smallest absolute Gasteiger partial charge is 0.276 e. The first kappa shape index (κ1) is 21.0. The Morgan fingerprint density at radius 2 is 1.59 bits per heavy atom. The lowest BCUT2D eigenvalue weighted by Crippen LogP contribution is -2.49. The number of halogens is 2. The zero-order chi connectivity index (χ0) is 19.6. The molecule has 0 saturated carbocycles. The number of rotatable bonds is 6. The summed E-state index contributed by atoms with van der Waals surface area (Å²) in [6.45, 7) is -0.264. The fourth-order valence-electron chi connectivity index (χ4n) is 2.04. The first-order valence-corrected chi connectivity index (χ1v) is 9.11. The monoisotopic (exact) mass is 425 g/mol. The van der Waals surface area contributed by atoms with E-state index in [-0.39, 0.29) is 24.0 Å². The zero-order valence-corrected chi connectivity index (χ0v) is 16.5. The third-order valence-electron chi connectivity index (χ3n) is 3.34. The minimum absolute atomic E-state index is 0.0229. The van der Waals surface area contributed by atoms with E-state index in [1.165, 1.54) is 0 Å². The molecule has 0 radical (unpaired) electrons. The van der Waals surface area contributed by atoms with E-state index in [2.05, 4.69) is 16.2 Å². The lowest BCUT2D eigenvalue weighted by atomic mass is 10.1. The molecule has 0 saturated heterocycles. The predicted molar refractivity (Wildman–Crippen MR) is 109 cm³/mol. The number of para-hydroxylation sites is 1. The molecule has 0 aliphatic rings. The van der Waals surface area contributed by atoms with Gasteiger partial charge in [-0.15, -0.1) is 0 Å². The molecule has 0 unspecified atom stereocenters. The number of hydrazine groups is 1. The molecule has 27 heavy (non-hydrogen) atoms. The minimum Gasteiger partial charge on any atom is -0.482 e. The molecule has 2 aromatic rings. The summed E-state index contributed by atoms with van der Waals surface area (Å²) in [6.07, 6.45) is 0.682. The van der Waals surface area contributed by atoms with Gasteiger partial charge in [0.1, 0.15) is 5.75 Å². The van der Waals surface area contributed by atoms with E-state index in [4.69, 9.17) is 40.2 Å². The standard InChI is InChI=1S/C18H17Cl2N3O3S/c19-13-6-2-1-5-12(13)9-10-16(24)21-18(27)23-22-17(25)11-26-15-8-4-3-7-14(15)20/h1-8H,9-11H2,(H,22,25)(H2,21,23,24,27). The number of hydrogen-bond donors (Lipinski definition) is 3. The predicted octanol–water partition coefficient (Wildman–Crippen LogP) is 3.03. The fraction of sp³-hybridized carbons (Fsp3) is 0.167. The SMILES string of the molecule is O=C(COc1ccccc1Cl)NNC(=S)NC(=O)CCc1ccccc1Cl. The molecule has 6 nitrogen and oxygen atoms in total. The van der Waals surface area contributed by atoms with E-state index in [0.29, 0.717) is 22.2 Å². The quantitative estimate of drug-likeness (QED) is 0.489. The number of benzene rings is 2. The van der Waals surface area contributed by atoms with Gasteiger partial charge in [0.15, 0.2) is 11.7 Å². The summed E-state index contributed by atoms with van der Waals surface area (Å²) in [5, 5.41) is 3.46. The molecule has 2 amide bonds. The van der Waals surface area contributed by atoms with Crippen LogP contribution in [0.25, 0.3) is 0 Å². The van der Waals surface area contributed by atoms with Crippen LogP contribution in [0, 0.1) is 0 Å². The second kappa shape index (κ2) is 10.7. The summed E-state index contributed by atoms with van der Waals surface area (Å²) < 4.78 is 5.28. The van der Waals surface area contributed by atoms with Gasteiger partial charge >= 0.3 is 0 Å². The van der Waals surface area contributed by atoms with Crippen molar-refractivity contribution in [2.75, 3.05) is 6.61 Å². The Morgan fingerprint density at radius 3 is 2.30 bits per heavy atom. The summed E-state index contributed by atoms with van der Waals surface area (Å²) in [5.74, 6) is -0.388. The lowest BCUT2D eigenvalue weighted by Gasteiger charge is -2.12. The molecule has 9 heteroatoms. The number of aryl methyl sites for hydroxylation is 1. The molecule has 0 aliphatic carbocycles. The van der Waals surface area contributed by atoms with Gasteiger partial charge in [0, 0.05) is 11.4 Å². The maximum atomic E-state index is 11.9. The number of hydrogen-bond acceptors (Lipinski definition) is 4. The Bertz CT molecular complexity index is 833. The van der Waals surface area contributed by atoms with E-state index < -0.39 is 5.91 Å². The topological polar surface area (TPSA) is 79.5 Å². The molecule has 2 aromatic carbocycles. The van der Waals surface area contributed by atoms with Crippen LogP contribution in [0.15, 0.2) is 48.5 Å². The van der Waals surface area contributed by atoms with Gasteiger partial charge in [-0.05, 0) is 42.4 Å². The highest BCUT2D eigenvalue weighted by Gasteiger charge is 2.09. The van der Waals surface area contributed by atoms with Crippen molar-refractivity contribution >= 4 is 52.3 Å². The largest absolute Gasteiger partial charge is 0.482 e. The van der Waals surface area contributed by atoms with Gasteiger partial charge in [-0.25, -0.2) is 0 Å². The summed E-state index contributed by atoms with van der Waals surface area (Å²) in [5.41, 5.74) is 5.63. The summed E-state index contributed by atoms with van der Waals surface area (Å²) in [6, 6.07) is 14.1. The maximum Gasteiger partial charge on any atom is 0.276 e. The molecule has 0 bridgehead atoms. The number of thiocarbonyl (C=S) groups is 1. The minimum atomic E-state index is -0.484. The molecule has 3 N–H and O–H groups in total. The van der Waals surface area contributed by atoms with Gasteiger partial charge in [0.05, 0.1) is 5.02 Å². The van der Waals surface area contributed by atoms with E-state index in [9.17, 15) is 9.59 Å². The Balaban J connectivity index is 1.66. The van der Waals surface area contributed by atoms with E-state index >= 15 is 0 Å². The van der Waals surface area contributed by atoms with Crippen LogP contribution >= 0.6 is 35.4 Å². The van der Waals surface area contributed by atoms with Crippen molar-refractivity contribution in [1.82, 2.24) is 16.2 Å². The molecule has 0 aromatic heterocycles.